The molecule has 1 aromatic heterocycles. The molecule has 6 heteroatoms. The van der Waals surface area contributed by atoms with Crippen molar-refractivity contribution in [1.29, 1.82) is 0 Å². The van der Waals surface area contributed by atoms with E-state index in [-0.39, 0.29) is 12.2 Å². The second-order valence-corrected chi connectivity index (χ2v) is 3.87. The summed E-state index contributed by atoms with van der Waals surface area (Å²) in [5.74, 6) is -0.594. The predicted octanol–water partition coefficient (Wildman–Crippen LogP) is 1.29. The van der Waals surface area contributed by atoms with Crippen molar-refractivity contribution >= 4 is 21.8 Å². The van der Waals surface area contributed by atoms with Crippen molar-refractivity contribution < 1.29 is 9.63 Å². The third kappa shape index (κ3) is 3.04. The molecule has 86 valence electrons. The zero-order chi connectivity index (χ0) is 12.1. The van der Waals surface area contributed by atoms with Gasteiger partial charge in [-0.15, -0.1) is 6.58 Å². The molecular formula is C10H11BrN2O3. The minimum atomic E-state index is -0.594. The minimum absolute atomic E-state index is 0.0125. The van der Waals surface area contributed by atoms with Crippen LogP contribution in [0, 0.1) is 6.92 Å². The van der Waals surface area contributed by atoms with Gasteiger partial charge in [0.25, 0.3) is 11.5 Å². The van der Waals surface area contributed by atoms with Crippen molar-refractivity contribution in [2.75, 3.05) is 6.61 Å². The topological polar surface area (TPSA) is 71.2 Å². The average Bonchev–Trinajstić information content (AvgIpc) is 2.23. The summed E-state index contributed by atoms with van der Waals surface area (Å²) in [6, 6.07) is 1.45. The van der Waals surface area contributed by atoms with E-state index in [0.717, 1.165) is 0 Å². The first-order chi connectivity index (χ1) is 7.56. The highest BCUT2D eigenvalue weighted by Crippen LogP contribution is 2.12. The molecule has 0 saturated carbocycles. The summed E-state index contributed by atoms with van der Waals surface area (Å²) in [6.45, 7) is 5.32. The fourth-order valence-corrected chi connectivity index (χ4v) is 1.32. The smallest absolute Gasteiger partial charge is 0.280 e. The third-order valence-electron chi connectivity index (χ3n) is 1.79. The van der Waals surface area contributed by atoms with Crippen LogP contribution in [0.15, 0.2) is 28.0 Å². The van der Waals surface area contributed by atoms with Crippen LogP contribution < -0.4 is 11.0 Å². The summed E-state index contributed by atoms with van der Waals surface area (Å²) in [7, 11) is 0. The highest BCUT2D eigenvalue weighted by Gasteiger charge is 2.12. The van der Waals surface area contributed by atoms with Crippen LogP contribution in [0.2, 0.25) is 0 Å². The highest BCUT2D eigenvalue weighted by atomic mass is 79.9. The fourth-order valence-electron chi connectivity index (χ4n) is 0.988. The van der Waals surface area contributed by atoms with Crippen molar-refractivity contribution in [3.63, 3.8) is 0 Å². The second kappa shape index (κ2) is 5.62. The van der Waals surface area contributed by atoms with E-state index in [0.29, 0.717) is 10.2 Å². The van der Waals surface area contributed by atoms with Crippen LogP contribution >= 0.6 is 15.9 Å². The second-order valence-electron chi connectivity index (χ2n) is 3.02. The van der Waals surface area contributed by atoms with E-state index < -0.39 is 11.5 Å². The number of aromatic nitrogens is 1. The van der Waals surface area contributed by atoms with Crippen LogP contribution in [-0.2, 0) is 4.84 Å². The Labute approximate surface area is 101 Å². The maximum Gasteiger partial charge on any atom is 0.280 e. The number of hydroxylamine groups is 1. The summed E-state index contributed by atoms with van der Waals surface area (Å²) in [4.78, 5) is 30.2. The summed E-state index contributed by atoms with van der Waals surface area (Å²) in [5, 5.41) is 0. The van der Waals surface area contributed by atoms with Gasteiger partial charge in [-0.3, -0.25) is 14.4 Å². The molecule has 0 aliphatic carbocycles. The molecule has 1 aromatic rings. The summed E-state index contributed by atoms with van der Waals surface area (Å²) in [6.07, 6.45) is 1.48. The number of rotatable bonds is 4. The van der Waals surface area contributed by atoms with Gasteiger partial charge in [0.15, 0.2) is 0 Å². The Balaban J connectivity index is 2.87. The molecule has 2 N–H and O–H groups in total. The van der Waals surface area contributed by atoms with Crippen molar-refractivity contribution in [3.05, 3.63) is 44.8 Å². The van der Waals surface area contributed by atoms with Gasteiger partial charge in [0, 0.05) is 10.2 Å². The van der Waals surface area contributed by atoms with Gasteiger partial charge >= 0.3 is 0 Å². The monoisotopic (exact) mass is 286 g/mol. The summed E-state index contributed by atoms with van der Waals surface area (Å²) >= 11 is 3.22. The van der Waals surface area contributed by atoms with E-state index in [2.05, 4.69) is 33.0 Å². The molecule has 0 aromatic carbocycles. The number of H-pyrrole nitrogens is 1. The van der Waals surface area contributed by atoms with Crippen molar-refractivity contribution in [2.45, 2.75) is 6.92 Å². The maximum atomic E-state index is 11.5. The first-order valence-corrected chi connectivity index (χ1v) is 5.28. The number of hydrogen-bond donors (Lipinski definition) is 2. The number of hydrogen-bond acceptors (Lipinski definition) is 3. The number of amides is 1. The number of aryl methyl sites for hydroxylation is 1. The molecule has 0 radical (unpaired) electrons. The van der Waals surface area contributed by atoms with Gasteiger partial charge in [0.05, 0.1) is 6.61 Å². The Morgan fingerprint density at radius 2 is 2.44 bits per heavy atom. The zero-order valence-corrected chi connectivity index (χ0v) is 10.3. The number of carbonyl (C=O) groups is 1. The van der Waals surface area contributed by atoms with Crippen LogP contribution in [0.1, 0.15) is 16.1 Å². The lowest BCUT2D eigenvalue weighted by Crippen LogP contribution is -2.30. The van der Waals surface area contributed by atoms with Crippen LogP contribution in [-0.4, -0.2) is 17.5 Å². The highest BCUT2D eigenvalue weighted by molar-refractivity contribution is 9.10. The van der Waals surface area contributed by atoms with Gasteiger partial charge in [0.2, 0.25) is 0 Å². The fraction of sp³-hybridized carbons (Fsp3) is 0.200. The number of halogens is 1. The van der Waals surface area contributed by atoms with E-state index in [4.69, 9.17) is 4.84 Å². The summed E-state index contributed by atoms with van der Waals surface area (Å²) in [5.41, 5.74) is 2.33. The molecule has 1 amide bonds. The van der Waals surface area contributed by atoms with Gasteiger partial charge in [-0.2, -0.15) is 0 Å². The Morgan fingerprint density at radius 1 is 1.75 bits per heavy atom. The van der Waals surface area contributed by atoms with Gasteiger partial charge in [-0.25, -0.2) is 5.48 Å². The van der Waals surface area contributed by atoms with Crippen LogP contribution in [0.3, 0.4) is 0 Å². The quantitative estimate of drug-likeness (QED) is 0.498. The average molecular weight is 287 g/mol. The minimum Gasteiger partial charge on any atom is -0.325 e. The van der Waals surface area contributed by atoms with E-state index in [1.165, 1.54) is 12.1 Å². The van der Waals surface area contributed by atoms with E-state index in [9.17, 15) is 9.59 Å². The van der Waals surface area contributed by atoms with Crippen molar-refractivity contribution in [1.82, 2.24) is 10.5 Å². The molecule has 0 bridgehead atoms. The standard InChI is InChI=1S/C10H11BrN2O3/c1-3-4-16-13-10(15)7-5-8(11)6(2)12-9(7)14/h3,5H,1,4H2,2H3,(H,12,14)(H,13,15). The lowest BCUT2D eigenvalue weighted by atomic mass is 10.2. The molecule has 0 saturated heterocycles. The first-order valence-electron chi connectivity index (χ1n) is 4.48. The molecule has 0 unspecified atom stereocenters. The first kappa shape index (κ1) is 12.7. The van der Waals surface area contributed by atoms with Gasteiger partial charge in [0.1, 0.15) is 5.56 Å². The van der Waals surface area contributed by atoms with Gasteiger partial charge in [-0.05, 0) is 28.9 Å². The summed E-state index contributed by atoms with van der Waals surface area (Å²) < 4.78 is 0.654. The molecule has 0 atom stereocenters. The molecule has 1 rings (SSSR count). The zero-order valence-electron chi connectivity index (χ0n) is 8.67. The number of nitrogens with one attached hydrogen (secondary N) is 2. The normalized spacial score (nSPS) is 9.88. The van der Waals surface area contributed by atoms with Crippen molar-refractivity contribution in [3.8, 4) is 0 Å². The molecule has 16 heavy (non-hydrogen) atoms. The van der Waals surface area contributed by atoms with Crippen LogP contribution in [0.4, 0.5) is 0 Å². The Bertz CT molecular complexity index is 468. The maximum absolute atomic E-state index is 11.5. The van der Waals surface area contributed by atoms with Gasteiger partial charge in [-0.1, -0.05) is 6.08 Å². The van der Waals surface area contributed by atoms with E-state index >= 15 is 0 Å². The largest absolute Gasteiger partial charge is 0.325 e. The predicted molar refractivity (Wildman–Crippen MR) is 63.1 cm³/mol. The molecular weight excluding hydrogens is 276 g/mol. The third-order valence-corrected chi connectivity index (χ3v) is 2.61. The van der Waals surface area contributed by atoms with E-state index in [1.54, 1.807) is 6.92 Å². The Hall–Kier alpha value is -1.40. The SMILES string of the molecule is C=CCONC(=O)c1cc(Br)c(C)[nH]c1=O. The molecule has 0 spiro atoms. The molecule has 5 nitrogen and oxygen atoms in total. The molecule has 0 aliphatic rings. The molecule has 0 aliphatic heterocycles. The number of aromatic amines is 1. The lowest BCUT2D eigenvalue weighted by molar-refractivity contribution is 0.0420. The Kier molecular flexibility index (Phi) is 4.45. The van der Waals surface area contributed by atoms with Crippen LogP contribution in [0.25, 0.3) is 0 Å². The number of pyridine rings is 1. The van der Waals surface area contributed by atoms with Crippen molar-refractivity contribution in [2.24, 2.45) is 0 Å². The Morgan fingerprint density at radius 3 is 3.06 bits per heavy atom. The van der Waals surface area contributed by atoms with Crippen LogP contribution in [0.5, 0.6) is 0 Å². The molecule has 1 heterocycles. The molecule has 0 fully saturated rings. The van der Waals surface area contributed by atoms with Gasteiger partial charge < -0.3 is 4.98 Å². The number of carbonyl (C=O) groups excluding carboxylic acids is 1. The lowest BCUT2D eigenvalue weighted by Gasteiger charge is -2.04. The van der Waals surface area contributed by atoms with E-state index in [1.807, 2.05) is 0 Å².